The Bertz CT molecular complexity index is 1110. The predicted octanol–water partition coefficient (Wildman–Crippen LogP) is 1.99. The van der Waals surface area contributed by atoms with Crippen molar-refractivity contribution < 1.29 is 9.53 Å². The first-order valence-corrected chi connectivity index (χ1v) is 9.03. The second-order valence-corrected chi connectivity index (χ2v) is 6.40. The average molecular weight is 376 g/mol. The maximum absolute atomic E-state index is 12.6. The van der Waals surface area contributed by atoms with Gasteiger partial charge in [0.25, 0.3) is 5.91 Å². The zero-order valence-electron chi connectivity index (χ0n) is 15.5. The van der Waals surface area contributed by atoms with Crippen LogP contribution in [0.2, 0.25) is 0 Å². The van der Waals surface area contributed by atoms with E-state index in [1.54, 1.807) is 31.9 Å². The smallest absolute Gasteiger partial charge is 0.251 e. The van der Waals surface area contributed by atoms with Crippen molar-refractivity contribution in [3.05, 3.63) is 60.2 Å². The molecule has 142 valence electrons. The third kappa shape index (κ3) is 3.67. The average Bonchev–Trinajstić information content (AvgIpc) is 3.16. The maximum atomic E-state index is 12.6. The van der Waals surface area contributed by atoms with Crippen LogP contribution in [0, 0.1) is 0 Å². The van der Waals surface area contributed by atoms with Crippen molar-refractivity contribution >= 4 is 28.0 Å². The molecule has 3 heterocycles. The number of methoxy groups -OCH3 is 1. The van der Waals surface area contributed by atoms with E-state index in [2.05, 4.69) is 25.5 Å². The van der Waals surface area contributed by atoms with Crippen LogP contribution in [-0.4, -0.2) is 50.9 Å². The highest BCUT2D eigenvalue weighted by molar-refractivity contribution is 6.05. The van der Waals surface area contributed by atoms with E-state index in [9.17, 15) is 4.79 Å². The number of ether oxygens (including phenoxy) is 1. The van der Waals surface area contributed by atoms with Gasteiger partial charge in [-0.2, -0.15) is 0 Å². The highest BCUT2D eigenvalue weighted by Gasteiger charge is 2.13. The van der Waals surface area contributed by atoms with E-state index in [1.807, 2.05) is 28.8 Å². The molecule has 0 fully saturated rings. The highest BCUT2D eigenvalue weighted by Crippen LogP contribution is 2.22. The summed E-state index contributed by atoms with van der Waals surface area (Å²) in [5.74, 6) is -0.121. The molecular formula is C20H20N6O2. The molecule has 1 aromatic carbocycles. The molecule has 8 nitrogen and oxygen atoms in total. The van der Waals surface area contributed by atoms with E-state index in [4.69, 9.17) is 4.74 Å². The second-order valence-electron chi connectivity index (χ2n) is 6.40. The van der Waals surface area contributed by atoms with Crippen molar-refractivity contribution in [1.29, 1.82) is 0 Å². The summed E-state index contributed by atoms with van der Waals surface area (Å²) in [4.78, 5) is 20.9. The SMILES string of the molecule is COCCn1cnc2nnc3ccc(C(=O)NCCc4ccncc4)cc3c21. The van der Waals surface area contributed by atoms with Gasteiger partial charge in [-0.1, -0.05) is 0 Å². The van der Waals surface area contributed by atoms with Gasteiger partial charge in [0.2, 0.25) is 5.65 Å². The number of amides is 1. The first-order valence-electron chi connectivity index (χ1n) is 9.03. The van der Waals surface area contributed by atoms with Crippen LogP contribution >= 0.6 is 0 Å². The van der Waals surface area contributed by atoms with Gasteiger partial charge in [0.1, 0.15) is 0 Å². The molecule has 0 bridgehead atoms. The number of imidazole rings is 1. The number of rotatable bonds is 7. The minimum Gasteiger partial charge on any atom is -0.383 e. The monoisotopic (exact) mass is 376 g/mol. The van der Waals surface area contributed by atoms with Crippen molar-refractivity contribution in [2.24, 2.45) is 0 Å². The lowest BCUT2D eigenvalue weighted by Crippen LogP contribution is -2.25. The number of nitrogens with one attached hydrogen (secondary N) is 1. The molecule has 28 heavy (non-hydrogen) atoms. The molecule has 4 aromatic rings. The fourth-order valence-electron chi connectivity index (χ4n) is 3.11. The van der Waals surface area contributed by atoms with Gasteiger partial charge in [0.15, 0.2) is 0 Å². The van der Waals surface area contributed by atoms with Gasteiger partial charge in [-0.25, -0.2) is 4.98 Å². The molecule has 0 aliphatic heterocycles. The molecule has 0 spiro atoms. The summed E-state index contributed by atoms with van der Waals surface area (Å²) in [6, 6.07) is 9.31. The zero-order valence-corrected chi connectivity index (χ0v) is 15.5. The van der Waals surface area contributed by atoms with E-state index >= 15 is 0 Å². The second kappa shape index (κ2) is 8.10. The Morgan fingerprint density at radius 1 is 1.18 bits per heavy atom. The summed E-state index contributed by atoms with van der Waals surface area (Å²) < 4.78 is 7.14. The molecule has 1 N–H and O–H groups in total. The van der Waals surface area contributed by atoms with Gasteiger partial charge in [-0.3, -0.25) is 9.78 Å². The quantitative estimate of drug-likeness (QED) is 0.530. The number of benzene rings is 1. The first-order chi connectivity index (χ1) is 13.8. The maximum Gasteiger partial charge on any atom is 0.251 e. The minimum absolute atomic E-state index is 0.121. The number of hydrogen-bond acceptors (Lipinski definition) is 6. The van der Waals surface area contributed by atoms with Crippen LogP contribution in [0.5, 0.6) is 0 Å². The molecule has 1 amide bonds. The summed E-state index contributed by atoms with van der Waals surface area (Å²) >= 11 is 0. The fraction of sp³-hybridized carbons (Fsp3) is 0.250. The number of fused-ring (bicyclic) bond motifs is 3. The van der Waals surface area contributed by atoms with E-state index in [0.29, 0.717) is 30.9 Å². The fourth-order valence-corrected chi connectivity index (χ4v) is 3.11. The predicted molar refractivity (Wildman–Crippen MR) is 105 cm³/mol. The molecule has 0 aliphatic rings. The number of carbonyl (C=O) groups excluding carboxylic acids is 1. The molecule has 0 saturated heterocycles. The van der Waals surface area contributed by atoms with Gasteiger partial charge < -0.3 is 14.6 Å². The molecule has 4 rings (SSSR count). The minimum atomic E-state index is -0.121. The van der Waals surface area contributed by atoms with Gasteiger partial charge in [0, 0.05) is 43.5 Å². The lowest BCUT2D eigenvalue weighted by Gasteiger charge is -2.08. The van der Waals surface area contributed by atoms with Crippen molar-refractivity contribution in [2.45, 2.75) is 13.0 Å². The van der Waals surface area contributed by atoms with Crippen LogP contribution in [-0.2, 0) is 17.7 Å². The Morgan fingerprint density at radius 3 is 2.86 bits per heavy atom. The molecule has 8 heteroatoms. The van der Waals surface area contributed by atoms with Crippen LogP contribution in [0.25, 0.3) is 22.1 Å². The lowest BCUT2D eigenvalue weighted by molar-refractivity contribution is 0.0954. The van der Waals surface area contributed by atoms with Crippen LogP contribution in [0.15, 0.2) is 49.1 Å². The van der Waals surface area contributed by atoms with Gasteiger partial charge in [-0.15, -0.1) is 10.2 Å². The molecule has 0 radical (unpaired) electrons. The van der Waals surface area contributed by atoms with Gasteiger partial charge in [0.05, 0.1) is 24.0 Å². The number of hydrogen-bond donors (Lipinski definition) is 1. The number of aromatic nitrogens is 5. The van der Waals surface area contributed by atoms with Crippen LogP contribution in [0.1, 0.15) is 15.9 Å². The van der Waals surface area contributed by atoms with Crippen LogP contribution in [0.4, 0.5) is 0 Å². The summed E-state index contributed by atoms with van der Waals surface area (Å²) in [7, 11) is 1.66. The Morgan fingerprint density at radius 2 is 2.04 bits per heavy atom. The largest absolute Gasteiger partial charge is 0.383 e. The zero-order chi connectivity index (χ0) is 19.3. The van der Waals surface area contributed by atoms with E-state index in [-0.39, 0.29) is 5.91 Å². The number of pyridine rings is 1. The first kappa shape index (κ1) is 18.0. The molecule has 0 unspecified atom stereocenters. The summed E-state index contributed by atoms with van der Waals surface area (Å²) in [5, 5.41) is 12.2. The van der Waals surface area contributed by atoms with E-state index in [1.165, 1.54) is 0 Å². The number of nitrogens with zero attached hydrogens (tertiary/aromatic N) is 5. The third-order valence-electron chi connectivity index (χ3n) is 4.57. The molecule has 3 aromatic heterocycles. The molecule has 0 saturated carbocycles. The molecular weight excluding hydrogens is 356 g/mol. The van der Waals surface area contributed by atoms with Crippen molar-refractivity contribution in [2.75, 3.05) is 20.3 Å². The van der Waals surface area contributed by atoms with E-state index in [0.717, 1.165) is 28.4 Å². The van der Waals surface area contributed by atoms with Crippen molar-refractivity contribution in [3.8, 4) is 0 Å². The van der Waals surface area contributed by atoms with Gasteiger partial charge >= 0.3 is 0 Å². The van der Waals surface area contributed by atoms with Crippen molar-refractivity contribution in [3.63, 3.8) is 0 Å². The Labute approximate surface area is 161 Å². The van der Waals surface area contributed by atoms with Crippen LogP contribution < -0.4 is 5.32 Å². The topological polar surface area (TPSA) is 94.8 Å². The Hall–Kier alpha value is -3.39. The van der Waals surface area contributed by atoms with Gasteiger partial charge in [-0.05, 0) is 42.3 Å². The summed E-state index contributed by atoms with van der Waals surface area (Å²) in [6.45, 7) is 1.76. The van der Waals surface area contributed by atoms with Crippen molar-refractivity contribution in [1.82, 2.24) is 30.0 Å². The lowest BCUT2D eigenvalue weighted by atomic mass is 10.1. The Balaban J connectivity index is 1.58. The Kier molecular flexibility index (Phi) is 5.20. The summed E-state index contributed by atoms with van der Waals surface area (Å²) in [5.41, 5.74) is 3.84. The third-order valence-corrected chi connectivity index (χ3v) is 4.57. The van der Waals surface area contributed by atoms with Crippen LogP contribution in [0.3, 0.4) is 0 Å². The molecule has 0 aliphatic carbocycles. The van der Waals surface area contributed by atoms with E-state index < -0.39 is 0 Å². The highest BCUT2D eigenvalue weighted by atomic mass is 16.5. The summed E-state index contributed by atoms with van der Waals surface area (Å²) in [6.07, 6.45) is 5.97. The number of carbonyl (C=O) groups is 1. The normalized spacial score (nSPS) is 11.2. The molecule has 0 atom stereocenters. The standard InChI is InChI=1S/C20H20N6O2/c1-28-11-10-26-13-23-19-18(26)16-12-15(2-3-17(16)24-25-19)20(27)22-9-6-14-4-7-21-8-5-14/h2-5,7-8,12-13H,6,9-11H2,1H3,(H,22,27).